The molecule has 0 aliphatic rings. The number of hydrogen-bond acceptors (Lipinski definition) is 2. The van der Waals surface area contributed by atoms with Crippen LogP contribution >= 0.6 is 0 Å². The van der Waals surface area contributed by atoms with Crippen LogP contribution in [-0.2, 0) is 11.0 Å². The highest BCUT2D eigenvalue weighted by Crippen LogP contribution is 2.32. The van der Waals surface area contributed by atoms with E-state index in [2.05, 4.69) is 62.3 Å². The van der Waals surface area contributed by atoms with Gasteiger partial charge in [-0.1, -0.05) is 20.8 Å². The molecule has 1 N–H and O–H groups in total. The van der Waals surface area contributed by atoms with Crippen LogP contribution in [0.4, 0.5) is 0 Å². The summed E-state index contributed by atoms with van der Waals surface area (Å²) >= 11 is 0. The van der Waals surface area contributed by atoms with Gasteiger partial charge >= 0.3 is 0 Å². The van der Waals surface area contributed by atoms with Crippen LogP contribution in [0.3, 0.4) is 0 Å². The number of rotatable bonds is 0. The smallest absolute Gasteiger partial charge is 0.260 e. The lowest BCUT2D eigenvalue weighted by Crippen LogP contribution is -2.22. The fraction of sp³-hybridized carbons (Fsp3) is 0.600. The minimum atomic E-state index is -0.102. The Morgan fingerprint density at radius 1 is 1.16 bits per heavy atom. The van der Waals surface area contributed by atoms with Crippen molar-refractivity contribution in [3.8, 4) is 0 Å². The normalized spacial score (nSPS) is 13.2. The average Bonchev–Trinajstić information content (AvgIpc) is 2.55. The molecule has 0 unspecified atom stereocenters. The van der Waals surface area contributed by atoms with E-state index in [1.54, 1.807) is 0 Å². The molecule has 0 spiro atoms. The lowest BCUT2D eigenvalue weighted by Gasteiger charge is -2.22. The van der Waals surface area contributed by atoms with Gasteiger partial charge in [-0.3, -0.25) is 4.79 Å². The summed E-state index contributed by atoms with van der Waals surface area (Å²) in [6.45, 7) is 14.5. The maximum absolute atomic E-state index is 12.3. The van der Waals surface area contributed by atoms with E-state index < -0.39 is 0 Å². The number of fused-ring (bicyclic) bond motifs is 1. The lowest BCUT2D eigenvalue weighted by atomic mass is 9.87. The van der Waals surface area contributed by atoms with Crippen LogP contribution < -0.4 is 5.56 Å². The van der Waals surface area contributed by atoms with Crippen molar-refractivity contribution < 1.29 is 0 Å². The van der Waals surface area contributed by atoms with Gasteiger partial charge in [0.1, 0.15) is 11.5 Å². The first kappa shape index (κ1) is 13.8. The Hall–Kier alpha value is -1.58. The Balaban J connectivity index is 2.98. The van der Waals surface area contributed by atoms with Crippen LogP contribution in [0.25, 0.3) is 11.0 Å². The van der Waals surface area contributed by atoms with Gasteiger partial charge in [-0.05, 0) is 38.7 Å². The fourth-order valence-electron chi connectivity index (χ4n) is 2.32. The van der Waals surface area contributed by atoms with E-state index in [1.165, 1.54) is 0 Å². The van der Waals surface area contributed by atoms with Gasteiger partial charge in [0.05, 0.1) is 5.39 Å². The maximum Gasteiger partial charge on any atom is 0.260 e. The third-order valence-corrected chi connectivity index (χ3v) is 3.31. The zero-order valence-corrected chi connectivity index (χ0v) is 12.9. The highest BCUT2D eigenvalue weighted by atomic mass is 16.1. The molecule has 0 aliphatic carbocycles. The first-order chi connectivity index (χ1) is 8.51. The summed E-state index contributed by atoms with van der Waals surface area (Å²) in [7, 11) is 0. The van der Waals surface area contributed by atoms with E-state index in [0.29, 0.717) is 11.2 Å². The number of aryl methyl sites for hydroxylation is 1. The first-order valence-corrected chi connectivity index (χ1v) is 6.65. The molecule has 4 heteroatoms. The number of nitrogens with one attached hydrogen (secondary N) is 1. The molecule has 0 aromatic carbocycles. The third-order valence-electron chi connectivity index (χ3n) is 3.31. The fourth-order valence-corrected chi connectivity index (χ4v) is 2.32. The second kappa shape index (κ2) is 3.95. The van der Waals surface area contributed by atoms with Gasteiger partial charge in [0.25, 0.3) is 5.56 Å². The molecule has 0 aliphatic heterocycles. The molecule has 0 saturated carbocycles. The Bertz CT molecular complexity index is 678. The molecule has 0 radical (unpaired) electrons. The number of aromatic amines is 1. The predicted molar refractivity (Wildman–Crippen MR) is 78.8 cm³/mol. The van der Waals surface area contributed by atoms with Gasteiger partial charge in [-0.25, -0.2) is 4.98 Å². The molecule has 4 nitrogen and oxygen atoms in total. The average molecular weight is 261 g/mol. The zero-order valence-electron chi connectivity index (χ0n) is 12.9. The summed E-state index contributed by atoms with van der Waals surface area (Å²) < 4.78 is 2.10. The van der Waals surface area contributed by atoms with Crippen LogP contribution in [0, 0.1) is 6.92 Å². The standard InChI is InChI=1S/C15H23N3O/c1-9-16-12-11(13(19)17-9)10(14(2,3)4)8-18(12)15(5,6)7/h8H,1-7H3,(H,16,17,19). The van der Waals surface area contributed by atoms with Crippen LogP contribution in [-0.4, -0.2) is 14.5 Å². The molecule has 2 heterocycles. The summed E-state index contributed by atoms with van der Waals surface area (Å²) in [4.78, 5) is 19.7. The molecule has 2 aromatic heterocycles. The van der Waals surface area contributed by atoms with Crippen LogP contribution in [0.1, 0.15) is 52.9 Å². The Kier molecular flexibility index (Phi) is 2.88. The van der Waals surface area contributed by atoms with Crippen molar-refractivity contribution in [2.75, 3.05) is 0 Å². The van der Waals surface area contributed by atoms with Crippen molar-refractivity contribution in [1.82, 2.24) is 14.5 Å². The first-order valence-electron chi connectivity index (χ1n) is 6.65. The summed E-state index contributed by atoms with van der Waals surface area (Å²) in [6.07, 6.45) is 2.08. The van der Waals surface area contributed by atoms with Crippen LogP contribution in [0.5, 0.6) is 0 Å². The van der Waals surface area contributed by atoms with Crippen molar-refractivity contribution in [1.29, 1.82) is 0 Å². The van der Waals surface area contributed by atoms with Crippen LogP contribution in [0.2, 0.25) is 0 Å². The molecule has 19 heavy (non-hydrogen) atoms. The summed E-state index contributed by atoms with van der Waals surface area (Å²) in [6, 6.07) is 0. The van der Waals surface area contributed by atoms with E-state index in [4.69, 9.17) is 0 Å². The summed E-state index contributed by atoms with van der Waals surface area (Å²) in [5.41, 5.74) is 1.59. The second-order valence-electron chi connectivity index (χ2n) is 7.18. The van der Waals surface area contributed by atoms with E-state index >= 15 is 0 Å². The van der Waals surface area contributed by atoms with Crippen molar-refractivity contribution in [3.05, 3.63) is 27.9 Å². The van der Waals surface area contributed by atoms with Crippen molar-refractivity contribution in [2.45, 2.75) is 59.4 Å². The zero-order chi connectivity index (χ0) is 14.6. The molecule has 2 rings (SSSR count). The number of nitrogens with zero attached hydrogens (tertiary/aromatic N) is 2. The number of aromatic nitrogens is 3. The second-order valence-corrected chi connectivity index (χ2v) is 7.18. The number of hydrogen-bond donors (Lipinski definition) is 1. The minimum Gasteiger partial charge on any atom is -0.327 e. The lowest BCUT2D eigenvalue weighted by molar-refractivity contribution is 0.405. The predicted octanol–water partition coefficient (Wildman–Crippen LogP) is 3.09. The minimum absolute atomic E-state index is 0.0459. The molecule has 2 aromatic rings. The van der Waals surface area contributed by atoms with Gasteiger partial charge in [0.15, 0.2) is 0 Å². The molecule has 104 valence electrons. The summed E-state index contributed by atoms with van der Waals surface area (Å²) in [5, 5.41) is 0.716. The van der Waals surface area contributed by atoms with Gasteiger partial charge in [0.2, 0.25) is 0 Å². The van der Waals surface area contributed by atoms with Gasteiger partial charge in [0, 0.05) is 11.7 Å². The summed E-state index contributed by atoms with van der Waals surface area (Å²) in [5.74, 6) is 0.654. The van der Waals surface area contributed by atoms with Gasteiger partial charge < -0.3 is 9.55 Å². The topological polar surface area (TPSA) is 50.7 Å². The van der Waals surface area contributed by atoms with Crippen molar-refractivity contribution in [3.63, 3.8) is 0 Å². The van der Waals surface area contributed by atoms with Gasteiger partial charge in [-0.15, -0.1) is 0 Å². The highest BCUT2D eigenvalue weighted by Gasteiger charge is 2.27. The maximum atomic E-state index is 12.3. The Morgan fingerprint density at radius 2 is 1.74 bits per heavy atom. The molecular formula is C15H23N3O. The van der Waals surface area contributed by atoms with Gasteiger partial charge in [-0.2, -0.15) is 0 Å². The van der Waals surface area contributed by atoms with E-state index in [1.807, 2.05) is 6.92 Å². The molecular weight excluding hydrogens is 238 g/mol. The highest BCUT2D eigenvalue weighted by molar-refractivity contribution is 5.81. The molecule has 0 fully saturated rings. The van der Waals surface area contributed by atoms with E-state index in [0.717, 1.165) is 11.2 Å². The monoisotopic (exact) mass is 261 g/mol. The molecule has 0 saturated heterocycles. The quantitative estimate of drug-likeness (QED) is 0.792. The SMILES string of the molecule is Cc1nc2c(c(C(C)(C)C)cn2C(C)(C)C)c(=O)[nH]1. The van der Waals surface area contributed by atoms with Crippen molar-refractivity contribution >= 4 is 11.0 Å². The molecule has 0 bridgehead atoms. The van der Waals surface area contributed by atoms with E-state index in [9.17, 15) is 4.79 Å². The van der Waals surface area contributed by atoms with E-state index in [-0.39, 0.29) is 16.5 Å². The Morgan fingerprint density at radius 3 is 2.21 bits per heavy atom. The third kappa shape index (κ3) is 2.31. The van der Waals surface area contributed by atoms with Crippen LogP contribution in [0.15, 0.2) is 11.0 Å². The Labute approximate surface area is 113 Å². The largest absolute Gasteiger partial charge is 0.327 e. The number of H-pyrrole nitrogens is 1. The van der Waals surface area contributed by atoms with Crippen molar-refractivity contribution in [2.24, 2.45) is 0 Å². The molecule has 0 amide bonds. The molecule has 0 atom stereocenters.